The molecule has 1 aromatic carbocycles. The van der Waals surface area contributed by atoms with Crippen molar-refractivity contribution < 1.29 is 9.18 Å². The molecular weight excluding hydrogens is 281 g/mol. The number of aryl methyl sites for hydroxylation is 1. The molecule has 22 heavy (non-hydrogen) atoms. The third-order valence-electron chi connectivity index (χ3n) is 4.34. The smallest absolute Gasteiger partial charge is 0.234 e. The van der Waals surface area contributed by atoms with Crippen LogP contribution in [0.2, 0.25) is 0 Å². The lowest BCUT2D eigenvalue weighted by Gasteiger charge is -2.37. The number of hydrogen-bond donors (Lipinski definition) is 2. The largest absolute Gasteiger partial charge is 0.351 e. The van der Waals surface area contributed by atoms with Gasteiger partial charge in [-0.25, -0.2) is 4.39 Å². The van der Waals surface area contributed by atoms with Gasteiger partial charge < -0.3 is 11.1 Å². The molecular formula is C17H26FN3O. The number of halogens is 1. The van der Waals surface area contributed by atoms with Gasteiger partial charge in [0, 0.05) is 18.6 Å². The molecule has 2 rings (SSSR count). The molecule has 2 unspecified atom stereocenters. The van der Waals surface area contributed by atoms with Crippen LogP contribution in [0.5, 0.6) is 0 Å². The second-order valence-electron chi connectivity index (χ2n) is 6.25. The molecule has 0 bridgehead atoms. The molecule has 122 valence electrons. The van der Waals surface area contributed by atoms with Crippen LogP contribution in [0.4, 0.5) is 4.39 Å². The maximum Gasteiger partial charge on any atom is 0.234 e. The van der Waals surface area contributed by atoms with Gasteiger partial charge in [0.2, 0.25) is 5.91 Å². The quantitative estimate of drug-likeness (QED) is 0.874. The summed E-state index contributed by atoms with van der Waals surface area (Å²) in [7, 11) is 0. The predicted octanol–water partition coefficient (Wildman–Crippen LogP) is 1.95. The number of benzene rings is 1. The minimum Gasteiger partial charge on any atom is -0.351 e. The number of amides is 1. The fraction of sp³-hybridized carbons (Fsp3) is 0.588. The molecule has 1 fully saturated rings. The number of piperidine rings is 1. The van der Waals surface area contributed by atoms with Crippen molar-refractivity contribution in [1.29, 1.82) is 0 Å². The Morgan fingerprint density at radius 2 is 2.27 bits per heavy atom. The zero-order chi connectivity index (χ0) is 16.1. The van der Waals surface area contributed by atoms with Gasteiger partial charge in [-0.05, 0) is 50.4 Å². The van der Waals surface area contributed by atoms with E-state index in [4.69, 9.17) is 5.73 Å². The maximum absolute atomic E-state index is 13.5. The van der Waals surface area contributed by atoms with Gasteiger partial charge in [0.15, 0.2) is 0 Å². The molecule has 1 heterocycles. The fourth-order valence-electron chi connectivity index (χ4n) is 3.00. The van der Waals surface area contributed by atoms with Gasteiger partial charge in [-0.15, -0.1) is 0 Å². The van der Waals surface area contributed by atoms with E-state index >= 15 is 0 Å². The summed E-state index contributed by atoms with van der Waals surface area (Å²) in [6.45, 7) is 5.35. The van der Waals surface area contributed by atoms with E-state index in [0.717, 1.165) is 24.9 Å². The molecule has 1 aromatic rings. The Balaban J connectivity index is 1.85. The van der Waals surface area contributed by atoms with Crippen molar-refractivity contribution in [2.45, 2.75) is 51.7 Å². The summed E-state index contributed by atoms with van der Waals surface area (Å²) in [4.78, 5) is 14.3. The van der Waals surface area contributed by atoms with Crippen LogP contribution in [0.1, 0.15) is 37.3 Å². The van der Waals surface area contributed by atoms with Crippen LogP contribution in [-0.4, -0.2) is 36.0 Å². The number of carbonyl (C=O) groups is 1. The van der Waals surface area contributed by atoms with Crippen LogP contribution in [0.15, 0.2) is 18.2 Å². The first kappa shape index (κ1) is 16.9. The highest BCUT2D eigenvalue weighted by molar-refractivity contribution is 5.78. The third-order valence-corrected chi connectivity index (χ3v) is 4.34. The summed E-state index contributed by atoms with van der Waals surface area (Å²) in [5, 5.41) is 2.86. The summed E-state index contributed by atoms with van der Waals surface area (Å²) >= 11 is 0. The zero-order valence-corrected chi connectivity index (χ0v) is 13.4. The molecule has 0 aromatic heterocycles. The van der Waals surface area contributed by atoms with Crippen LogP contribution >= 0.6 is 0 Å². The number of nitrogens with two attached hydrogens (primary N) is 1. The highest BCUT2D eigenvalue weighted by Crippen LogP contribution is 2.18. The Labute approximate surface area is 131 Å². The third kappa shape index (κ3) is 4.52. The molecule has 4 nitrogen and oxygen atoms in total. The van der Waals surface area contributed by atoms with Crippen molar-refractivity contribution >= 4 is 5.91 Å². The average molecular weight is 307 g/mol. The number of likely N-dealkylation sites (tertiary alicyclic amines) is 1. The minimum absolute atomic E-state index is 0.0338. The molecule has 1 aliphatic heterocycles. The molecule has 1 saturated heterocycles. The van der Waals surface area contributed by atoms with Gasteiger partial charge in [-0.3, -0.25) is 9.69 Å². The normalized spacial score (nSPS) is 20.6. The van der Waals surface area contributed by atoms with E-state index in [9.17, 15) is 9.18 Å². The van der Waals surface area contributed by atoms with Crippen LogP contribution < -0.4 is 11.1 Å². The van der Waals surface area contributed by atoms with Gasteiger partial charge in [0.05, 0.1) is 6.54 Å². The second kappa shape index (κ2) is 7.70. The summed E-state index contributed by atoms with van der Waals surface area (Å²) in [6.07, 6.45) is 3.33. The predicted molar refractivity (Wildman–Crippen MR) is 85.8 cm³/mol. The Morgan fingerprint density at radius 3 is 2.95 bits per heavy atom. The fourth-order valence-corrected chi connectivity index (χ4v) is 3.00. The molecule has 5 heteroatoms. The van der Waals surface area contributed by atoms with Crippen molar-refractivity contribution in [2.75, 3.05) is 13.1 Å². The minimum atomic E-state index is -0.236. The van der Waals surface area contributed by atoms with Crippen LogP contribution in [0, 0.1) is 12.7 Å². The number of nitrogens with zero attached hydrogens (tertiary/aromatic N) is 1. The monoisotopic (exact) mass is 307 g/mol. The summed E-state index contributed by atoms with van der Waals surface area (Å²) < 4.78 is 13.5. The standard InChI is InChI=1S/C17H26FN3O/c1-12-6-7-14(9-15(12)18)10-20-17(22)11-21-8-4-3-5-16(21)13(2)19/h6-7,9,13,16H,3-5,8,10-11,19H2,1-2H3,(H,20,22). The Hall–Kier alpha value is -1.46. The first-order valence-electron chi connectivity index (χ1n) is 7.98. The van der Waals surface area contributed by atoms with Crippen molar-refractivity contribution in [1.82, 2.24) is 10.2 Å². The molecule has 1 amide bonds. The van der Waals surface area contributed by atoms with Gasteiger partial charge in [0.25, 0.3) is 0 Å². The highest BCUT2D eigenvalue weighted by atomic mass is 19.1. The van der Waals surface area contributed by atoms with Gasteiger partial charge in [-0.2, -0.15) is 0 Å². The Kier molecular flexibility index (Phi) is 5.91. The van der Waals surface area contributed by atoms with E-state index in [0.29, 0.717) is 18.7 Å². The molecule has 1 aliphatic rings. The van der Waals surface area contributed by atoms with Crippen molar-refractivity contribution in [3.8, 4) is 0 Å². The van der Waals surface area contributed by atoms with E-state index in [2.05, 4.69) is 10.2 Å². The lowest BCUT2D eigenvalue weighted by atomic mass is 9.97. The maximum atomic E-state index is 13.5. The first-order chi connectivity index (χ1) is 10.5. The topological polar surface area (TPSA) is 58.4 Å². The molecule has 0 spiro atoms. The summed E-state index contributed by atoms with van der Waals surface area (Å²) in [5.74, 6) is -0.270. The van der Waals surface area contributed by atoms with Gasteiger partial charge in [-0.1, -0.05) is 18.6 Å². The average Bonchev–Trinajstić information content (AvgIpc) is 2.49. The summed E-state index contributed by atoms with van der Waals surface area (Å²) in [5.41, 5.74) is 7.40. The van der Waals surface area contributed by atoms with Gasteiger partial charge in [0.1, 0.15) is 5.82 Å². The Morgan fingerprint density at radius 1 is 1.50 bits per heavy atom. The van der Waals surface area contributed by atoms with E-state index in [1.54, 1.807) is 13.0 Å². The Bertz CT molecular complexity index is 519. The second-order valence-corrected chi connectivity index (χ2v) is 6.25. The van der Waals surface area contributed by atoms with E-state index in [1.165, 1.54) is 12.5 Å². The van der Waals surface area contributed by atoms with E-state index in [1.807, 2.05) is 13.0 Å². The van der Waals surface area contributed by atoms with Crippen molar-refractivity contribution in [2.24, 2.45) is 5.73 Å². The van der Waals surface area contributed by atoms with Gasteiger partial charge >= 0.3 is 0 Å². The van der Waals surface area contributed by atoms with Crippen molar-refractivity contribution in [3.63, 3.8) is 0 Å². The molecule has 0 saturated carbocycles. The molecule has 3 N–H and O–H groups in total. The number of hydrogen-bond acceptors (Lipinski definition) is 3. The van der Waals surface area contributed by atoms with E-state index < -0.39 is 0 Å². The molecule has 0 radical (unpaired) electrons. The highest BCUT2D eigenvalue weighted by Gasteiger charge is 2.26. The lowest BCUT2D eigenvalue weighted by Crippen LogP contribution is -2.52. The zero-order valence-electron chi connectivity index (χ0n) is 13.4. The number of rotatable bonds is 5. The molecule has 2 atom stereocenters. The molecule has 0 aliphatic carbocycles. The first-order valence-corrected chi connectivity index (χ1v) is 7.98. The van der Waals surface area contributed by atoms with Crippen LogP contribution in [0.3, 0.4) is 0 Å². The van der Waals surface area contributed by atoms with Crippen molar-refractivity contribution in [3.05, 3.63) is 35.1 Å². The van der Waals surface area contributed by atoms with Crippen LogP contribution in [0.25, 0.3) is 0 Å². The van der Waals surface area contributed by atoms with Crippen LogP contribution in [-0.2, 0) is 11.3 Å². The van der Waals surface area contributed by atoms with E-state index in [-0.39, 0.29) is 23.8 Å². The lowest BCUT2D eigenvalue weighted by molar-refractivity contribution is -0.123. The SMILES string of the molecule is Cc1ccc(CNC(=O)CN2CCCCC2C(C)N)cc1F. The number of nitrogens with one attached hydrogen (secondary N) is 1. The number of carbonyl (C=O) groups excluding carboxylic acids is 1. The summed E-state index contributed by atoms with van der Waals surface area (Å²) in [6, 6.07) is 5.38.